The Bertz CT molecular complexity index is 1180. The number of thioether (sulfide) groups is 1. The molecule has 0 radical (unpaired) electrons. The van der Waals surface area contributed by atoms with Gasteiger partial charge >= 0.3 is 0 Å². The van der Waals surface area contributed by atoms with Crippen LogP contribution in [-0.4, -0.2) is 78.1 Å². The molecule has 170 valence electrons. The molecule has 0 spiro atoms. The second-order valence-corrected chi connectivity index (χ2v) is 11.5. The van der Waals surface area contributed by atoms with Crippen molar-refractivity contribution in [2.75, 3.05) is 54.6 Å². The van der Waals surface area contributed by atoms with Crippen LogP contribution < -0.4 is 10.6 Å². The predicted octanol–water partition coefficient (Wildman–Crippen LogP) is 2.59. The van der Waals surface area contributed by atoms with Crippen molar-refractivity contribution in [1.82, 2.24) is 19.9 Å². The summed E-state index contributed by atoms with van der Waals surface area (Å²) in [5.41, 5.74) is 1.39. The summed E-state index contributed by atoms with van der Waals surface area (Å²) >= 11 is 3.10. The summed E-state index contributed by atoms with van der Waals surface area (Å²) in [5, 5.41) is 7.32. The van der Waals surface area contributed by atoms with Crippen molar-refractivity contribution in [3.05, 3.63) is 36.2 Å². The minimum Gasteiger partial charge on any atom is -0.361 e. The second kappa shape index (κ2) is 10.0. The van der Waals surface area contributed by atoms with Crippen LogP contribution >= 0.6 is 23.1 Å². The third kappa shape index (κ3) is 5.67. The topological polar surface area (TPSA) is 117 Å². The number of nitrogens with one attached hydrogen (secondary N) is 2. The Labute approximate surface area is 195 Å². The molecule has 0 atom stereocenters. The first-order chi connectivity index (χ1) is 15.4. The van der Waals surface area contributed by atoms with Gasteiger partial charge in [-0.1, -0.05) is 11.3 Å². The number of sulfone groups is 1. The van der Waals surface area contributed by atoms with Crippen LogP contribution in [0.2, 0.25) is 0 Å². The van der Waals surface area contributed by atoms with E-state index in [2.05, 4.69) is 25.6 Å². The summed E-state index contributed by atoms with van der Waals surface area (Å²) in [5.74, 6) is 0.536. The number of thiazole rings is 1. The van der Waals surface area contributed by atoms with Gasteiger partial charge in [-0.3, -0.25) is 4.79 Å². The third-order valence-corrected chi connectivity index (χ3v) is 8.31. The molecule has 3 aromatic rings. The number of nitrogens with zero attached hydrogens (tertiary/aromatic N) is 4. The fourth-order valence-electron chi connectivity index (χ4n) is 3.23. The van der Waals surface area contributed by atoms with Crippen LogP contribution in [0.3, 0.4) is 0 Å². The summed E-state index contributed by atoms with van der Waals surface area (Å²) in [6.45, 7) is 1.97. The number of carbonyl (C=O) groups is 1. The fourth-order valence-corrected chi connectivity index (χ4v) is 5.68. The largest absolute Gasteiger partial charge is 0.361 e. The van der Waals surface area contributed by atoms with E-state index in [1.807, 2.05) is 18.4 Å². The zero-order valence-corrected chi connectivity index (χ0v) is 20.0. The first kappa shape index (κ1) is 22.7. The maximum absolute atomic E-state index is 12.7. The number of aromatic nitrogens is 3. The van der Waals surface area contributed by atoms with E-state index < -0.39 is 9.84 Å². The highest BCUT2D eigenvalue weighted by Crippen LogP contribution is 2.27. The normalized spacial score (nSPS) is 15.6. The molecule has 2 N–H and O–H groups in total. The van der Waals surface area contributed by atoms with Gasteiger partial charge in [-0.15, -0.1) is 11.8 Å². The van der Waals surface area contributed by atoms with E-state index in [0.717, 1.165) is 39.8 Å². The van der Waals surface area contributed by atoms with Gasteiger partial charge in [-0.2, -0.15) is 0 Å². The van der Waals surface area contributed by atoms with Gasteiger partial charge in [0.05, 0.1) is 21.7 Å². The van der Waals surface area contributed by atoms with Crippen molar-refractivity contribution in [1.29, 1.82) is 0 Å². The molecule has 32 heavy (non-hydrogen) atoms. The number of hydrogen-bond donors (Lipinski definition) is 2. The lowest BCUT2D eigenvalue weighted by molar-refractivity contribution is 0.0770. The molecular weight excluding hydrogens is 468 g/mol. The SMILES string of the molecule is CSc1cnc(NCCCNc2nc3ccc(C(=O)N4CCS(=O)(=O)CC4)cc3s2)nc1. The zero-order chi connectivity index (χ0) is 22.6. The van der Waals surface area contributed by atoms with E-state index in [4.69, 9.17) is 0 Å². The van der Waals surface area contributed by atoms with Crippen LogP contribution in [0, 0.1) is 0 Å². The Kier molecular flexibility index (Phi) is 7.11. The first-order valence-electron chi connectivity index (χ1n) is 10.2. The lowest BCUT2D eigenvalue weighted by Crippen LogP contribution is -2.43. The number of hydrogen-bond acceptors (Lipinski definition) is 10. The number of carbonyl (C=O) groups excluding carboxylic acids is 1. The molecule has 2 aromatic heterocycles. The molecule has 0 aliphatic carbocycles. The van der Waals surface area contributed by atoms with E-state index >= 15 is 0 Å². The summed E-state index contributed by atoms with van der Waals surface area (Å²) in [6.07, 6.45) is 6.45. The van der Waals surface area contributed by atoms with Gasteiger partial charge in [0.1, 0.15) is 0 Å². The quantitative estimate of drug-likeness (QED) is 0.361. The Balaban J connectivity index is 1.28. The molecule has 9 nitrogen and oxygen atoms in total. The molecular formula is C20H24N6O3S3. The van der Waals surface area contributed by atoms with Crippen molar-refractivity contribution < 1.29 is 13.2 Å². The van der Waals surface area contributed by atoms with E-state index in [1.54, 1.807) is 35.1 Å². The first-order valence-corrected chi connectivity index (χ1v) is 14.0. The Morgan fingerprint density at radius 1 is 1.16 bits per heavy atom. The van der Waals surface area contributed by atoms with Crippen LogP contribution in [0.15, 0.2) is 35.5 Å². The zero-order valence-electron chi connectivity index (χ0n) is 17.6. The number of fused-ring (bicyclic) bond motifs is 1. The van der Waals surface area contributed by atoms with Gasteiger partial charge in [0.2, 0.25) is 5.95 Å². The van der Waals surface area contributed by atoms with Gasteiger partial charge in [-0.25, -0.2) is 23.4 Å². The molecule has 1 amide bonds. The minimum absolute atomic E-state index is 0.0275. The van der Waals surface area contributed by atoms with Crippen molar-refractivity contribution in [2.24, 2.45) is 0 Å². The molecule has 1 saturated heterocycles. The van der Waals surface area contributed by atoms with Gasteiger partial charge in [0.15, 0.2) is 15.0 Å². The molecule has 3 heterocycles. The maximum atomic E-state index is 12.7. The van der Waals surface area contributed by atoms with Crippen LogP contribution in [-0.2, 0) is 9.84 Å². The molecule has 12 heteroatoms. The molecule has 0 saturated carbocycles. The molecule has 1 aromatic carbocycles. The average molecular weight is 493 g/mol. The summed E-state index contributed by atoms with van der Waals surface area (Å²) in [4.78, 5) is 28.5. The minimum atomic E-state index is -3.02. The molecule has 1 aliphatic rings. The highest BCUT2D eigenvalue weighted by molar-refractivity contribution is 7.98. The lowest BCUT2D eigenvalue weighted by Gasteiger charge is -2.26. The van der Waals surface area contributed by atoms with E-state index in [0.29, 0.717) is 11.5 Å². The van der Waals surface area contributed by atoms with Crippen molar-refractivity contribution in [3.8, 4) is 0 Å². The van der Waals surface area contributed by atoms with E-state index in [9.17, 15) is 13.2 Å². The average Bonchev–Trinajstić information content (AvgIpc) is 3.21. The van der Waals surface area contributed by atoms with Gasteiger partial charge in [0.25, 0.3) is 5.91 Å². The Hall–Kier alpha value is -2.44. The Morgan fingerprint density at radius 3 is 2.59 bits per heavy atom. The van der Waals surface area contributed by atoms with Crippen molar-refractivity contribution in [2.45, 2.75) is 11.3 Å². The third-order valence-electron chi connectivity index (χ3n) is 5.04. The number of rotatable bonds is 8. The van der Waals surface area contributed by atoms with Crippen LogP contribution in [0.25, 0.3) is 10.2 Å². The van der Waals surface area contributed by atoms with Crippen LogP contribution in [0.1, 0.15) is 16.8 Å². The maximum Gasteiger partial charge on any atom is 0.253 e. The number of amides is 1. The van der Waals surface area contributed by atoms with Gasteiger partial charge < -0.3 is 15.5 Å². The summed E-state index contributed by atoms with van der Waals surface area (Å²) < 4.78 is 24.1. The predicted molar refractivity (Wildman–Crippen MR) is 130 cm³/mol. The van der Waals surface area contributed by atoms with Crippen molar-refractivity contribution in [3.63, 3.8) is 0 Å². The molecule has 1 fully saturated rings. The van der Waals surface area contributed by atoms with Crippen LogP contribution in [0.5, 0.6) is 0 Å². The van der Waals surface area contributed by atoms with E-state index in [1.165, 1.54) is 11.3 Å². The Morgan fingerprint density at radius 2 is 1.88 bits per heavy atom. The van der Waals surface area contributed by atoms with Crippen molar-refractivity contribution >= 4 is 60.1 Å². The summed E-state index contributed by atoms with van der Waals surface area (Å²) in [6, 6.07) is 5.42. The molecule has 4 rings (SSSR count). The van der Waals surface area contributed by atoms with Gasteiger partial charge in [0, 0.05) is 49.0 Å². The molecule has 1 aliphatic heterocycles. The molecule has 0 unspecified atom stereocenters. The lowest BCUT2D eigenvalue weighted by atomic mass is 10.2. The number of benzene rings is 1. The van der Waals surface area contributed by atoms with E-state index in [-0.39, 0.29) is 30.5 Å². The van der Waals surface area contributed by atoms with Gasteiger partial charge in [-0.05, 0) is 30.9 Å². The monoisotopic (exact) mass is 492 g/mol. The second-order valence-electron chi connectivity index (χ2n) is 7.30. The fraction of sp³-hybridized carbons (Fsp3) is 0.400. The smallest absolute Gasteiger partial charge is 0.253 e. The van der Waals surface area contributed by atoms with Crippen LogP contribution in [0.4, 0.5) is 11.1 Å². The summed E-state index contributed by atoms with van der Waals surface area (Å²) in [7, 11) is -3.02. The standard InChI is InChI=1S/C20H24N6O3S3/c1-30-15-12-23-19(24-13-15)21-5-2-6-22-20-25-16-4-3-14(11-17(16)31-20)18(27)26-7-9-32(28,29)10-8-26/h3-4,11-13H,2,5-10H2,1H3,(H,22,25)(H,21,23,24). The highest BCUT2D eigenvalue weighted by atomic mass is 32.2. The number of anilines is 2. The highest BCUT2D eigenvalue weighted by Gasteiger charge is 2.26. The molecule has 0 bridgehead atoms.